The van der Waals surface area contributed by atoms with E-state index in [9.17, 15) is 18.0 Å². The number of benzene rings is 2. The number of hydrogen-bond acceptors (Lipinski definition) is 6. The van der Waals surface area contributed by atoms with E-state index in [1.165, 1.54) is 47.0 Å². The van der Waals surface area contributed by atoms with Gasteiger partial charge in [0.2, 0.25) is 10.0 Å². The number of ether oxygens (including phenoxy) is 1. The first-order chi connectivity index (χ1) is 16.3. The van der Waals surface area contributed by atoms with Crippen LogP contribution in [0, 0.1) is 0 Å². The zero-order valence-corrected chi connectivity index (χ0v) is 20.7. The maximum Gasteiger partial charge on any atom is 0.341 e. The summed E-state index contributed by atoms with van der Waals surface area (Å²) in [6, 6.07) is 15.1. The van der Waals surface area contributed by atoms with Gasteiger partial charge in [0.25, 0.3) is 5.91 Å². The maximum absolute atomic E-state index is 12.9. The monoisotopic (exact) mass is 498 g/mol. The fourth-order valence-corrected chi connectivity index (χ4v) is 6.40. The Morgan fingerprint density at radius 1 is 1.06 bits per heavy atom. The van der Waals surface area contributed by atoms with Gasteiger partial charge >= 0.3 is 5.97 Å². The Hall–Kier alpha value is -3.01. The molecule has 9 heteroatoms. The summed E-state index contributed by atoms with van der Waals surface area (Å²) in [6.45, 7) is 2.24. The van der Waals surface area contributed by atoms with Gasteiger partial charge in [0.15, 0.2) is 0 Å². The van der Waals surface area contributed by atoms with Gasteiger partial charge in [-0.1, -0.05) is 30.3 Å². The molecule has 0 saturated carbocycles. The minimum absolute atomic E-state index is 0.102. The van der Waals surface area contributed by atoms with E-state index in [0.717, 1.165) is 35.3 Å². The fourth-order valence-electron chi connectivity index (χ4n) is 3.97. The van der Waals surface area contributed by atoms with Gasteiger partial charge < -0.3 is 10.1 Å². The van der Waals surface area contributed by atoms with Crippen LogP contribution in [0.2, 0.25) is 0 Å². The number of fused-ring (bicyclic) bond motifs is 1. The first-order valence-corrected chi connectivity index (χ1v) is 13.3. The molecule has 7 nitrogen and oxygen atoms in total. The third-order valence-corrected chi connectivity index (χ3v) is 8.73. The molecule has 178 valence electrons. The number of hydrogen-bond donors (Lipinski definition) is 1. The molecule has 1 amide bonds. The molecule has 1 aliphatic carbocycles. The second kappa shape index (κ2) is 10.1. The number of aryl methyl sites for hydroxylation is 1. The lowest BCUT2D eigenvalue weighted by Crippen LogP contribution is -2.26. The summed E-state index contributed by atoms with van der Waals surface area (Å²) < 4.78 is 32.4. The molecule has 0 saturated heterocycles. The normalized spacial score (nSPS) is 13.0. The predicted molar refractivity (Wildman–Crippen MR) is 132 cm³/mol. The molecule has 3 aromatic rings. The topological polar surface area (TPSA) is 92.8 Å². The molecule has 4 rings (SSSR count). The highest BCUT2D eigenvalue weighted by Gasteiger charge is 2.28. The minimum Gasteiger partial charge on any atom is -0.462 e. The lowest BCUT2D eigenvalue weighted by atomic mass is 10.1. The molecule has 0 atom stereocenters. The number of rotatable bonds is 8. The summed E-state index contributed by atoms with van der Waals surface area (Å²) in [5.74, 6) is -0.841. The standard InChI is InChI=1S/C25H26N2O5S2/c1-3-32-25(29)22-20-10-7-11-21(20)33-24(22)26-23(28)18-12-14-19(15-13-18)34(30,31)27(2)16-17-8-5-4-6-9-17/h4-6,8-9,12-15H,3,7,10-11,16H2,1-2H3,(H,26,28). The van der Waals surface area contributed by atoms with Crippen LogP contribution in [0.4, 0.5) is 5.00 Å². The van der Waals surface area contributed by atoms with Crippen molar-refractivity contribution in [2.24, 2.45) is 0 Å². The van der Waals surface area contributed by atoms with Crippen molar-refractivity contribution < 1.29 is 22.7 Å². The Morgan fingerprint density at radius 2 is 1.76 bits per heavy atom. The van der Waals surface area contributed by atoms with Crippen molar-refractivity contribution in [1.29, 1.82) is 0 Å². The Bertz CT molecular complexity index is 1300. The summed E-state index contributed by atoms with van der Waals surface area (Å²) in [5.41, 5.74) is 2.58. The van der Waals surface area contributed by atoms with Gasteiger partial charge in [0.1, 0.15) is 5.00 Å². The summed E-state index contributed by atoms with van der Waals surface area (Å²) in [7, 11) is -2.19. The van der Waals surface area contributed by atoms with Crippen molar-refractivity contribution in [2.45, 2.75) is 37.6 Å². The molecule has 1 aliphatic rings. The third-order valence-electron chi connectivity index (χ3n) is 5.70. The van der Waals surface area contributed by atoms with Crippen LogP contribution in [0.3, 0.4) is 0 Å². The molecule has 1 heterocycles. The number of nitrogens with one attached hydrogen (secondary N) is 1. The van der Waals surface area contributed by atoms with E-state index in [4.69, 9.17) is 4.74 Å². The number of nitrogens with zero attached hydrogens (tertiary/aromatic N) is 1. The van der Waals surface area contributed by atoms with Crippen LogP contribution < -0.4 is 5.32 Å². The highest BCUT2D eigenvalue weighted by atomic mass is 32.2. The number of sulfonamides is 1. The number of esters is 1. The molecule has 0 fully saturated rings. The summed E-state index contributed by atoms with van der Waals surface area (Å²) in [4.78, 5) is 26.6. The van der Waals surface area contributed by atoms with Crippen LogP contribution >= 0.6 is 11.3 Å². The lowest BCUT2D eigenvalue weighted by molar-refractivity contribution is 0.0527. The minimum atomic E-state index is -3.72. The molecule has 2 aromatic carbocycles. The Balaban J connectivity index is 1.50. The number of thiophene rings is 1. The summed E-state index contributed by atoms with van der Waals surface area (Å²) in [6.07, 6.45) is 2.65. The average Bonchev–Trinajstić information content (AvgIpc) is 3.40. The van der Waals surface area contributed by atoms with Crippen molar-refractivity contribution in [3.05, 3.63) is 81.7 Å². The lowest BCUT2D eigenvalue weighted by Gasteiger charge is -2.17. The first kappa shape index (κ1) is 24.1. The number of carbonyl (C=O) groups is 2. The zero-order chi connectivity index (χ0) is 24.3. The van der Waals surface area contributed by atoms with E-state index in [1.54, 1.807) is 6.92 Å². The van der Waals surface area contributed by atoms with Crippen LogP contribution in [-0.2, 0) is 34.1 Å². The van der Waals surface area contributed by atoms with Gasteiger partial charge in [-0.2, -0.15) is 4.31 Å². The number of carbonyl (C=O) groups excluding carboxylic acids is 2. The van der Waals surface area contributed by atoms with Gasteiger partial charge in [-0.15, -0.1) is 11.3 Å². The largest absolute Gasteiger partial charge is 0.462 e. The number of anilines is 1. The summed E-state index contributed by atoms with van der Waals surface area (Å²) in [5, 5.41) is 3.31. The summed E-state index contributed by atoms with van der Waals surface area (Å²) >= 11 is 1.40. The van der Waals surface area contributed by atoms with Crippen molar-refractivity contribution in [1.82, 2.24) is 4.31 Å². The van der Waals surface area contributed by atoms with Crippen molar-refractivity contribution in [2.75, 3.05) is 19.0 Å². The first-order valence-electron chi connectivity index (χ1n) is 11.0. The Morgan fingerprint density at radius 3 is 2.44 bits per heavy atom. The second-order valence-corrected chi connectivity index (χ2v) is 11.2. The van der Waals surface area contributed by atoms with Crippen molar-refractivity contribution in [3.63, 3.8) is 0 Å². The van der Waals surface area contributed by atoms with E-state index in [-0.39, 0.29) is 18.0 Å². The molecule has 1 N–H and O–H groups in total. The second-order valence-electron chi connectivity index (χ2n) is 8.01. The van der Waals surface area contributed by atoms with E-state index in [2.05, 4.69) is 5.32 Å². The van der Waals surface area contributed by atoms with E-state index in [0.29, 0.717) is 16.1 Å². The molecule has 0 spiro atoms. The van der Waals surface area contributed by atoms with Crippen LogP contribution in [0.1, 0.15) is 50.1 Å². The smallest absolute Gasteiger partial charge is 0.341 e. The van der Waals surface area contributed by atoms with Gasteiger partial charge in [0.05, 0.1) is 17.1 Å². The highest BCUT2D eigenvalue weighted by Crippen LogP contribution is 2.39. The van der Waals surface area contributed by atoms with Crippen molar-refractivity contribution >= 4 is 38.2 Å². The molecular weight excluding hydrogens is 472 g/mol. The van der Waals surface area contributed by atoms with Gasteiger partial charge in [0, 0.05) is 24.0 Å². The molecule has 0 bridgehead atoms. The quantitative estimate of drug-likeness (QED) is 0.462. The Labute approximate surface area is 203 Å². The van der Waals surface area contributed by atoms with Crippen LogP contribution in [-0.4, -0.2) is 38.3 Å². The molecule has 1 aromatic heterocycles. The highest BCUT2D eigenvalue weighted by molar-refractivity contribution is 7.89. The van der Waals surface area contributed by atoms with Gasteiger partial charge in [-0.05, 0) is 61.6 Å². The van der Waals surface area contributed by atoms with Crippen LogP contribution in [0.15, 0.2) is 59.5 Å². The van der Waals surface area contributed by atoms with Crippen molar-refractivity contribution in [3.8, 4) is 0 Å². The molecule has 0 unspecified atom stereocenters. The molecule has 34 heavy (non-hydrogen) atoms. The van der Waals surface area contributed by atoms with Crippen LogP contribution in [0.5, 0.6) is 0 Å². The maximum atomic E-state index is 12.9. The van der Waals surface area contributed by atoms with Crippen LogP contribution in [0.25, 0.3) is 0 Å². The van der Waals surface area contributed by atoms with Gasteiger partial charge in [-0.3, -0.25) is 4.79 Å². The SMILES string of the molecule is CCOC(=O)c1c(NC(=O)c2ccc(S(=O)(=O)N(C)Cc3ccccc3)cc2)sc2c1CCC2. The predicted octanol–water partition coefficient (Wildman–Crippen LogP) is 4.49. The molecule has 0 radical (unpaired) electrons. The number of amides is 1. The van der Waals surface area contributed by atoms with E-state index >= 15 is 0 Å². The van der Waals surface area contributed by atoms with Gasteiger partial charge in [-0.25, -0.2) is 13.2 Å². The van der Waals surface area contributed by atoms with E-state index < -0.39 is 21.9 Å². The Kier molecular flexibility index (Phi) is 7.16. The average molecular weight is 499 g/mol. The zero-order valence-electron chi connectivity index (χ0n) is 19.0. The molecular formula is C25H26N2O5S2. The molecule has 0 aliphatic heterocycles. The third kappa shape index (κ3) is 4.91. The van der Waals surface area contributed by atoms with E-state index in [1.807, 2.05) is 30.3 Å². The fraction of sp³-hybridized carbons (Fsp3) is 0.280.